The number of nitrogens with one attached hydrogen (secondary N) is 2. The number of rotatable bonds is 4. The first-order valence-electron chi connectivity index (χ1n) is 7.07. The maximum atomic E-state index is 12.0. The molecule has 1 unspecified atom stereocenters. The van der Waals surface area contributed by atoms with Gasteiger partial charge in [-0.3, -0.25) is 19.8 Å². The fraction of sp³-hybridized carbons (Fsp3) is 0.467. The number of piperidine rings is 1. The van der Waals surface area contributed by atoms with Gasteiger partial charge in [-0.05, 0) is 38.6 Å². The summed E-state index contributed by atoms with van der Waals surface area (Å²) in [5.41, 5.74) is 0.314. The number of nitrogens with zero attached hydrogens (tertiary/aromatic N) is 1. The lowest BCUT2D eigenvalue weighted by atomic mass is 10.1. The Labute approximate surface area is 129 Å². The fourth-order valence-corrected chi connectivity index (χ4v) is 2.67. The van der Waals surface area contributed by atoms with Gasteiger partial charge in [0.25, 0.3) is 5.91 Å². The first-order chi connectivity index (χ1) is 10.1. The Kier molecular flexibility index (Phi) is 5.73. The highest BCUT2D eigenvalue weighted by Gasteiger charge is 2.21. The molecular formula is C15H20ClN3O2. The maximum Gasteiger partial charge on any atom is 0.259 e. The SMILES string of the molecule is CN(CC(=O)NC(=O)c1ccccc1Cl)C1CCCNC1. The quantitative estimate of drug-likeness (QED) is 0.879. The predicted octanol–water partition coefficient (Wildman–Crippen LogP) is 1.28. The first-order valence-corrected chi connectivity index (χ1v) is 7.45. The number of amides is 2. The van der Waals surface area contributed by atoms with Crippen LogP contribution in [0.15, 0.2) is 24.3 Å². The summed E-state index contributed by atoms with van der Waals surface area (Å²) in [7, 11) is 1.90. The number of hydrogen-bond acceptors (Lipinski definition) is 4. The van der Waals surface area contributed by atoms with E-state index in [4.69, 9.17) is 11.6 Å². The van der Waals surface area contributed by atoms with Crippen molar-refractivity contribution in [2.45, 2.75) is 18.9 Å². The molecule has 21 heavy (non-hydrogen) atoms. The first kappa shape index (κ1) is 15.9. The van der Waals surface area contributed by atoms with E-state index in [2.05, 4.69) is 10.6 Å². The van der Waals surface area contributed by atoms with Crippen LogP contribution in [0.4, 0.5) is 0 Å². The van der Waals surface area contributed by atoms with Crippen LogP contribution < -0.4 is 10.6 Å². The number of likely N-dealkylation sites (N-methyl/N-ethyl adjacent to an activating group) is 1. The van der Waals surface area contributed by atoms with E-state index in [1.165, 1.54) is 0 Å². The standard InChI is InChI=1S/C15H20ClN3O2/c1-19(11-5-4-8-17-9-11)10-14(20)18-15(21)12-6-2-3-7-13(12)16/h2-3,6-7,11,17H,4-5,8-10H2,1H3,(H,18,20,21). The summed E-state index contributed by atoms with van der Waals surface area (Å²) < 4.78 is 0. The number of imide groups is 1. The molecule has 0 aliphatic carbocycles. The van der Waals surface area contributed by atoms with Gasteiger partial charge >= 0.3 is 0 Å². The fourth-order valence-electron chi connectivity index (χ4n) is 2.44. The van der Waals surface area contributed by atoms with Crippen LogP contribution >= 0.6 is 11.6 Å². The lowest BCUT2D eigenvalue weighted by Crippen LogP contribution is -2.48. The van der Waals surface area contributed by atoms with Crippen molar-refractivity contribution in [2.75, 3.05) is 26.7 Å². The van der Waals surface area contributed by atoms with Crippen LogP contribution in [0.5, 0.6) is 0 Å². The summed E-state index contributed by atoms with van der Waals surface area (Å²) in [4.78, 5) is 25.9. The molecule has 1 heterocycles. The molecule has 0 saturated carbocycles. The van der Waals surface area contributed by atoms with E-state index in [0.29, 0.717) is 16.6 Å². The van der Waals surface area contributed by atoms with Crippen molar-refractivity contribution in [1.82, 2.24) is 15.5 Å². The van der Waals surface area contributed by atoms with Crippen molar-refractivity contribution in [2.24, 2.45) is 0 Å². The molecule has 2 rings (SSSR count). The van der Waals surface area contributed by atoms with E-state index in [-0.39, 0.29) is 12.5 Å². The Hall–Kier alpha value is -1.43. The van der Waals surface area contributed by atoms with Crippen LogP contribution in [0.1, 0.15) is 23.2 Å². The minimum atomic E-state index is -0.458. The van der Waals surface area contributed by atoms with E-state index in [9.17, 15) is 9.59 Å². The molecule has 1 aliphatic rings. The smallest absolute Gasteiger partial charge is 0.259 e. The van der Waals surface area contributed by atoms with Crippen molar-refractivity contribution in [3.05, 3.63) is 34.9 Å². The van der Waals surface area contributed by atoms with Crippen molar-refractivity contribution in [3.63, 3.8) is 0 Å². The average molecular weight is 310 g/mol. The zero-order chi connectivity index (χ0) is 15.2. The topological polar surface area (TPSA) is 61.4 Å². The number of carbonyl (C=O) groups excluding carboxylic acids is 2. The highest BCUT2D eigenvalue weighted by molar-refractivity contribution is 6.34. The van der Waals surface area contributed by atoms with Gasteiger partial charge < -0.3 is 5.32 Å². The molecule has 0 radical (unpaired) electrons. The van der Waals surface area contributed by atoms with Gasteiger partial charge in [0.2, 0.25) is 5.91 Å². The molecule has 1 aliphatic heterocycles. The predicted molar refractivity (Wildman–Crippen MR) is 82.4 cm³/mol. The van der Waals surface area contributed by atoms with Crippen LogP contribution in [0.25, 0.3) is 0 Å². The highest BCUT2D eigenvalue weighted by Crippen LogP contribution is 2.14. The minimum absolute atomic E-state index is 0.197. The van der Waals surface area contributed by atoms with Crippen molar-refractivity contribution in [3.8, 4) is 0 Å². The normalized spacial score (nSPS) is 18.5. The number of hydrogen-bond donors (Lipinski definition) is 2. The van der Waals surface area contributed by atoms with Crippen LogP contribution in [0.2, 0.25) is 5.02 Å². The van der Waals surface area contributed by atoms with Gasteiger partial charge in [-0.1, -0.05) is 23.7 Å². The van der Waals surface area contributed by atoms with Crippen molar-refractivity contribution in [1.29, 1.82) is 0 Å². The molecule has 1 atom stereocenters. The monoisotopic (exact) mass is 309 g/mol. The molecule has 114 valence electrons. The number of carbonyl (C=O) groups is 2. The molecule has 1 aromatic carbocycles. The number of benzene rings is 1. The average Bonchev–Trinajstić information content (AvgIpc) is 2.48. The van der Waals surface area contributed by atoms with Gasteiger partial charge in [0, 0.05) is 12.6 Å². The molecule has 2 amide bonds. The molecule has 6 heteroatoms. The van der Waals surface area contributed by atoms with E-state index in [1.807, 2.05) is 11.9 Å². The Morgan fingerprint density at radius 1 is 1.43 bits per heavy atom. The molecule has 0 aromatic heterocycles. The van der Waals surface area contributed by atoms with Gasteiger partial charge in [-0.2, -0.15) is 0 Å². The van der Waals surface area contributed by atoms with Crippen molar-refractivity contribution >= 4 is 23.4 Å². The maximum absolute atomic E-state index is 12.0. The lowest BCUT2D eigenvalue weighted by molar-refractivity contribution is -0.121. The van der Waals surface area contributed by atoms with E-state index >= 15 is 0 Å². The summed E-state index contributed by atoms with van der Waals surface area (Å²) in [6.45, 7) is 2.10. The Morgan fingerprint density at radius 2 is 2.19 bits per heavy atom. The van der Waals surface area contributed by atoms with E-state index < -0.39 is 5.91 Å². The second kappa shape index (κ2) is 7.54. The molecule has 5 nitrogen and oxygen atoms in total. The van der Waals surface area contributed by atoms with Crippen LogP contribution in [0, 0.1) is 0 Å². The van der Waals surface area contributed by atoms with Crippen LogP contribution in [-0.4, -0.2) is 49.4 Å². The molecular weight excluding hydrogens is 290 g/mol. The summed E-state index contributed by atoms with van der Waals surface area (Å²) in [6, 6.07) is 7.01. The Bertz CT molecular complexity index is 515. The van der Waals surface area contributed by atoms with E-state index in [0.717, 1.165) is 25.9 Å². The third-order valence-electron chi connectivity index (χ3n) is 3.66. The minimum Gasteiger partial charge on any atom is -0.315 e. The Morgan fingerprint density at radius 3 is 2.86 bits per heavy atom. The van der Waals surface area contributed by atoms with Gasteiger partial charge in [0.1, 0.15) is 0 Å². The molecule has 1 fully saturated rings. The van der Waals surface area contributed by atoms with E-state index in [1.54, 1.807) is 24.3 Å². The summed E-state index contributed by atoms with van der Waals surface area (Å²) in [5, 5.41) is 6.03. The van der Waals surface area contributed by atoms with Crippen LogP contribution in [0.3, 0.4) is 0 Å². The number of halogens is 1. The lowest BCUT2D eigenvalue weighted by Gasteiger charge is -2.31. The van der Waals surface area contributed by atoms with Crippen molar-refractivity contribution < 1.29 is 9.59 Å². The third kappa shape index (κ3) is 4.52. The summed E-state index contributed by atoms with van der Waals surface area (Å²) >= 11 is 5.94. The molecule has 2 N–H and O–H groups in total. The van der Waals surface area contributed by atoms with Gasteiger partial charge in [-0.25, -0.2) is 0 Å². The zero-order valence-electron chi connectivity index (χ0n) is 12.1. The summed E-state index contributed by atoms with van der Waals surface area (Å²) in [5.74, 6) is -0.770. The second-order valence-corrected chi connectivity index (χ2v) is 5.68. The molecule has 1 aromatic rings. The molecule has 1 saturated heterocycles. The van der Waals surface area contributed by atoms with Gasteiger partial charge in [-0.15, -0.1) is 0 Å². The highest BCUT2D eigenvalue weighted by atomic mass is 35.5. The zero-order valence-corrected chi connectivity index (χ0v) is 12.8. The molecule has 0 spiro atoms. The largest absolute Gasteiger partial charge is 0.315 e. The van der Waals surface area contributed by atoms with Gasteiger partial charge in [0.15, 0.2) is 0 Å². The third-order valence-corrected chi connectivity index (χ3v) is 3.99. The summed E-state index contributed by atoms with van der Waals surface area (Å²) in [6.07, 6.45) is 2.17. The second-order valence-electron chi connectivity index (χ2n) is 5.27. The van der Waals surface area contributed by atoms with Crippen LogP contribution in [-0.2, 0) is 4.79 Å². The van der Waals surface area contributed by atoms with Gasteiger partial charge in [0.05, 0.1) is 17.1 Å². The Balaban J connectivity index is 1.86. The molecule has 0 bridgehead atoms.